The second kappa shape index (κ2) is 5.39. The Bertz CT molecular complexity index is 826. The molecule has 0 aliphatic heterocycles. The van der Waals surface area contributed by atoms with Crippen molar-refractivity contribution in [1.82, 2.24) is 10.5 Å². The maximum atomic E-state index is 11.8. The van der Waals surface area contributed by atoms with Crippen molar-refractivity contribution in [3.63, 3.8) is 0 Å². The summed E-state index contributed by atoms with van der Waals surface area (Å²) in [6, 6.07) is 11.7. The molecular weight excluding hydrogens is 288 g/mol. The molecule has 0 saturated carbocycles. The van der Waals surface area contributed by atoms with Crippen molar-refractivity contribution < 1.29 is 9.63 Å². The number of aromatic nitrogens is 1. The van der Waals surface area contributed by atoms with Crippen LogP contribution in [0, 0.1) is 0 Å². The van der Waals surface area contributed by atoms with Crippen LogP contribution in [0.5, 0.6) is 0 Å². The first-order valence-corrected chi connectivity index (χ1v) is 7.01. The number of benzene rings is 2. The topological polar surface area (TPSA) is 54.1 Å². The van der Waals surface area contributed by atoms with Crippen molar-refractivity contribution in [1.29, 1.82) is 0 Å². The van der Waals surface area contributed by atoms with Gasteiger partial charge in [0.15, 0.2) is 0 Å². The van der Waals surface area contributed by atoms with E-state index < -0.39 is 0 Å². The number of hydrogen-bond donors (Lipinski definition) is 2. The zero-order chi connectivity index (χ0) is 15.0. The number of aromatic amines is 1. The van der Waals surface area contributed by atoms with E-state index in [-0.39, 0.29) is 11.8 Å². The van der Waals surface area contributed by atoms with Crippen molar-refractivity contribution in [3.05, 3.63) is 47.0 Å². The quantitative estimate of drug-likeness (QED) is 0.724. The SMILES string of the molecule is CONC(=O)C(C)c1ccc2c(c1)[nH]c1ccc(Cl)cc12. The monoisotopic (exact) mass is 302 g/mol. The average Bonchev–Trinajstić information content (AvgIpc) is 2.83. The van der Waals surface area contributed by atoms with Gasteiger partial charge in [0.2, 0.25) is 0 Å². The van der Waals surface area contributed by atoms with E-state index in [0.29, 0.717) is 5.02 Å². The molecule has 1 aromatic heterocycles. The second-order valence-electron chi connectivity index (χ2n) is 5.01. The van der Waals surface area contributed by atoms with E-state index >= 15 is 0 Å². The lowest BCUT2D eigenvalue weighted by atomic mass is 9.99. The maximum Gasteiger partial charge on any atom is 0.250 e. The van der Waals surface area contributed by atoms with Gasteiger partial charge in [-0.25, -0.2) is 5.48 Å². The Hall–Kier alpha value is -2.04. The summed E-state index contributed by atoms with van der Waals surface area (Å²) in [4.78, 5) is 19.9. The van der Waals surface area contributed by atoms with Crippen LogP contribution in [0.4, 0.5) is 0 Å². The highest BCUT2D eigenvalue weighted by atomic mass is 35.5. The van der Waals surface area contributed by atoms with Crippen LogP contribution in [0.25, 0.3) is 21.8 Å². The lowest BCUT2D eigenvalue weighted by Gasteiger charge is -2.11. The minimum Gasteiger partial charge on any atom is -0.355 e. The molecule has 0 fully saturated rings. The van der Waals surface area contributed by atoms with Crippen LogP contribution in [-0.4, -0.2) is 18.0 Å². The minimum atomic E-state index is -0.288. The van der Waals surface area contributed by atoms with Crippen LogP contribution in [-0.2, 0) is 9.63 Å². The van der Waals surface area contributed by atoms with Crippen molar-refractivity contribution in [2.75, 3.05) is 7.11 Å². The molecule has 0 saturated heterocycles. The number of carbonyl (C=O) groups excluding carboxylic acids is 1. The van der Waals surface area contributed by atoms with Crippen LogP contribution in [0.3, 0.4) is 0 Å². The zero-order valence-electron chi connectivity index (χ0n) is 11.7. The van der Waals surface area contributed by atoms with Gasteiger partial charge in [-0.15, -0.1) is 0 Å². The van der Waals surface area contributed by atoms with Gasteiger partial charge in [-0.05, 0) is 36.8 Å². The molecule has 5 heteroatoms. The highest BCUT2D eigenvalue weighted by molar-refractivity contribution is 6.31. The third-order valence-corrected chi connectivity index (χ3v) is 3.92. The zero-order valence-corrected chi connectivity index (χ0v) is 12.5. The molecule has 2 N–H and O–H groups in total. The fourth-order valence-electron chi connectivity index (χ4n) is 2.50. The van der Waals surface area contributed by atoms with Gasteiger partial charge >= 0.3 is 0 Å². The Morgan fingerprint density at radius 2 is 2.00 bits per heavy atom. The predicted octanol–water partition coefficient (Wildman–Crippen LogP) is 3.76. The maximum absolute atomic E-state index is 11.8. The third kappa shape index (κ3) is 2.48. The molecule has 1 heterocycles. The molecule has 0 radical (unpaired) electrons. The summed E-state index contributed by atoms with van der Waals surface area (Å²) in [5, 5.41) is 2.88. The third-order valence-electron chi connectivity index (χ3n) is 3.68. The summed E-state index contributed by atoms with van der Waals surface area (Å²) in [6.45, 7) is 1.84. The van der Waals surface area contributed by atoms with Crippen molar-refractivity contribution in [2.24, 2.45) is 0 Å². The lowest BCUT2D eigenvalue weighted by molar-refractivity contribution is -0.132. The van der Waals surface area contributed by atoms with Crippen LogP contribution < -0.4 is 5.48 Å². The molecule has 0 bridgehead atoms. The highest BCUT2D eigenvalue weighted by Gasteiger charge is 2.16. The number of hydrogen-bond acceptors (Lipinski definition) is 2. The van der Waals surface area contributed by atoms with Gasteiger partial charge in [0, 0.05) is 26.8 Å². The number of amides is 1. The first-order valence-electron chi connectivity index (χ1n) is 6.64. The lowest BCUT2D eigenvalue weighted by Crippen LogP contribution is -2.26. The molecule has 3 aromatic rings. The number of fused-ring (bicyclic) bond motifs is 3. The first-order chi connectivity index (χ1) is 10.1. The van der Waals surface area contributed by atoms with Crippen LogP contribution >= 0.6 is 11.6 Å². The van der Waals surface area contributed by atoms with E-state index in [4.69, 9.17) is 11.6 Å². The number of nitrogens with one attached hydrogen (secondary N) is 2. The molecule has 0 spiro atoms. The number of H-pyrrole nitrogens is 1. The molecular formula is C16H15ClN2O2. The number of rotatable bonds is 3. The summed E-state index contributed by atoms with van der Waals surface area (Å²) in [5.41, 5.74) is 5.30. The van der Waals surface area contributed by atoms with E-state index in [1.165, 1.54) is 7.11 Å². The van der Waals surface area contributed by atoms with Gasteiger partial charge < -0.3 is 4.98 Å². The molecule has 0 aliphatic carbocycles. The Labute approximate surface area is 127 Å². The van der Waals surface area contributed by atoms with Gasteiger partial charge in [-0.1, -0.05) is 23.7 Å². The van der Waals surface area contributed by atoms with Gasteiger partial charge in [0.05, 0.1) is 13.0 Å². The summed E-state index contributed by atoms with van der Waals surface area (Å²) < 4.78 is 0. The summed E-state index contributed by atoms with van der Waals surface area (Å²) in [6.07, 6.45) is 0. The Kier molecular flexibility index (Phi) is 3.57. The summed E-state index contributed by atoms with van der Waals surface area (Å²) in [5.74, 6) is -0.458. The standard InChI is InChI=1S/C16H15ClN2O2/c1-9(16(20)19-21-2)10-3-5-12-13-8-11(17)4-6-14(13)18-15(12)7-10/h3-9,18H,1-2H3,(H,19,20). The molecule has 0 aliphatic rings. The van der Waals surface area contributed by atoms with E-state index in [2.05, 4.69) is 15.3 Å². The van der Waals surface area contributed by atoms with Crippen LogP contribution in [0.15, 0.2) is 36.4 Å². The van der Waals surface area contributed by atoms with E-state index in [9.17, 15) is 4.79 Å². The van der Waals surface area contributed by atoms with Gasteiger partial charge in [0.25, 0.3) is 5.91 Å². The normalized spacial score (nSPS) is 12.7. The summed E-state index contributed by atoms with van der Waals surface area (Å²) in [7, 11) is 1.43. The van der Waals surface area contributed by atoms with Crippen molar-refractivity contribution in [3.8, 4) is 0 Å². The van der Waals surface area contributed by atoms with Crippen molar-refractivity contribution >= 4 is 39.3 Å². The fraction of sp³-hybridized carbons (Fsp3) is 0.188. The van der Waals surface area contributed by atoms with Gasteiger partial charge in [-0.2, -0.15) is 0 Å². The Balaban J connectivity index is 2.08. The van der Waals surface area contributed by atoms with Crippen molar-refractivity contribution in [2.45, 2.75) is 12.8 Å². The largest absolute Gasteiger partial charge is 0.355 e. The summed E-state index contributed by atoms with van der Waals surface area (Å²) >= 11 is 6.05. The van der Waals surface area contributed by atoms with Gasteiger partial charge in [0.1, 0.15) is 0 Å². The van der Waals surface area contributed by atoms with E-state index in [1.54, 1.807) is 0 Å². The van der Waals surface area contributed by atoms with E-state index in [1.807, 2.05) is 43.3 Å². The molecule has 1 amide bonds. The highest BCUT2D eigenvalue weighted by Crippen LogP contribution is 2.30. The number of hydroxylamine groups is 1. The smallest absolute Gasteiger partial charge is 0.250 e. The Morgan fingerprint density at radius 1 is 1.19 bits per heavy atom. The second-order valence-corrected chi connectivity index (χ2v) is 5.45. The Morgan fingerprint density at radius 3 is 2.76 bits per heavy atom. The molecule has 108 valence electrons. The number of halogens is 1. The fourth-order valence-corrected chi connectivity index (χ4v) is 2.68. The van der Waals surface area contributed by atoms with Crippen LogP contribution in [0.1, 0.15) is 18.4 Å². The molecule has 1 atom stereocenters. The average molecular weight is 303 g/mol. The van der Waals surface area contributed by atoms with E-state index in [0.717, 1.165) is 27.4 Å². The molecule has 3 rings (SSSR count). The van der Waals surface area contributed by atoms with Gasteiger partial charge in [-0.3, -0.25) is 9.63 Å². The molecule has 2 aromatic carbocycles. The molecule has 1 unspecified atom stereocenters. The minimum absolute atomic E-state index is 0.170. The molecule has 21 heavy (non-hydrogen) atoms. The van der Waals surface area contributed by atoms with Crippen LogP contribution in [0.2, 0.25) is 5.02 Å². The molecule has 4 nitrogen and oxygen atoms in total. The first kappa shape index (κ1) is 13.9. The predicted molar refractivity (Wildman–Crippen MR) is 84.4 cm³/mol. The number of carbonyl (C=O) groups is 1.